The Bertz CT molecular complexity index is 364. The summed E-state index contributed by atoms with van der Waals surface area (Å²) in [4.78, 5) is 16.3. The van der Waals surface area contributed by atoms with Crippen molar-refractivity contribution < 1.29 is 4.79 Å². The molecule has 1 aliphatic rings. The lowest BCUT2D eigenvalue weighted by Gasteiger charge is -2.30. The molecule has 92 valence electrons. The zero-order valence-corrected chi connectivity index (χ0v) is 10.7. The van der Waals surface area contributed by atoms with E-state index in [-0.39, 0.29) is 5.92 Å². The van der Waals surface area contributed by atoms with Crippen LogP contribution in [0.1, 0.15) is 38.7 Å². The zero-order chi connectivity index (χ0) is 12.3. The van der Waals surface area contributed by atoms with Crippen molar-refractivity contribution in [3.8, 4) is 0 Å². The van der Waals surface area contributed by atoms with Crippen molar-refractivity contribution in [2.75, 3.05) is 0 Å². The van der Waals surface area contributed by atoms with Gasteiger partial charge in [-0.15, -0.1) is 0 Å². The number of rotatable bonds is 3. The van der Waals surface area contributed by atoms with E-state index in [1.807, 2.05) is 12.1 Å². The van der Waals surface area contributed by atoms with Gasteiger partial charge in [-0.05, 0) is 42.7 Å². The number of hydrogen-bond acceptors (Lipinski definition) is 2. The summed E-state index contributed by atoms with van der Waals surface area (Å²) in [6.45, 7) is 4.53. The third-order valence-corrected chi connectivity index (χ3v) is 3.74. The average Bonchev–Trinajstić information content (AvgIpc) is 2.29. The number of ketones is 1. The molecule has 1 saturated carbocycles. The summed E-state index contributed by atoms with van der Waals surface area (Å²) in [5.74, 6) is 2.06. The van der Waals surface area contributed by atoms with Crippen molar-refractivity contribution in [1.29, 1.82) is 0 Å². The molecule has 2 unspecified atom stereocenters. The van der Waals surface area contributed by atoms with Crippen molar-refractivity contribution in [3.05, 3.63) is 30.1 Å². The van der Waals surface area contributed by atoms with Crippen molar-refractivity contribution in [3.63, 3.8) is 0 Å². The van der Waals surface area contributed by atoms with Gasteiger partial charge in [0.25, 0.3) is 0 Å². The molecule has 0 spiro atoms. The number of carbonyl (C=O) groups excluding carboxylic acids is 1. The van der Waals surface area contributed by atoms with Gasteiger partial charge in [-0.3, -0.25) is 9.78 Å². The maximum absolute atomic E-state index is 12.2. The number of aromatic nitrogens is 1. The van der Waals surface area contributed by atoms with Gasteiger partial charge in [0.15, 0.2) is 0 Å². The van der Waals surface area contributed by atoms with Crippen LogP contribution in [0.4, 0.5) is 0 Å². The van der Waals surface area contributed by atoms with E-state index in [1.165, 1.54) is 6.42 Å². The lowest BCUT2D eigenvalue weighted by molar-refractivity contribution is -0.124. The lowest BCUT2D eigenvalue weighted by Crippen LogP contribution is -2.27. The van der Waals surface area contributed by atoms with E-state index in [9.17, 15) is 4.79 Å². The second-order valence-corrected chi connectivity index (χ2v) is 5.62. The van der Waals surface area contributed by atoms with Gasteiger partial charge in [0.1, 0.15) is 5.78 Å². The first-order valence-electron chi connectivity index (χ1n) is 6.56. The number of nitrogens with zero attached hydrogens (tertiary/aromatic N) is 1. The summed E-state index contributed by atoms with van der Waals surface area (Å²) in [6, 6.07) is 3.88. The normalized spacial score (nSPS) is 28.9. The number of carbonyl (C=O) groups is 1. The summed E-state index contributed by atoms with van der Waals surface area (Å²) in [5.41, 5.74) is 1.04. The quantitative estimate of drug-likeness (QED) is 0.799. The maximum Gasteiger partial charge on any atom is 0.140 e. The molecule has 2 rings (SSSR count). The van der Waals surface area contributed by atoms with Crippen LogP contribution in [-0.2, 0) is 11.2 Å². The minimum absolute atomic E-state index is 0.272. The van der Waals surface area contributed by atoms with E-state index >= 15 is 0 Å². The lowest BCUT2D eigenvalue weighted by atomic mass is 9.74. The molecule has 1 aromatic heterocycles. The molecule has 0 saturated heterocycles. The zero-order valence-electron chi connectivity index (χ0n) is 10.7. The average molecular weight is 231 g/mol. The summed E-state index contributed by atoms with van der Waals surface area (Å²) >= 11 is 0. The molecule has 1 aromatic rings. The van der Waals surface area contributed by atoms with E-state index in [0.29, 0.717) is 24.0 Å². The number of hydrogen-bond donors (Lipinski definition) is 0. The van der Waals surface area contributed by atoms with E-state index in [0.717, 1.165) is 18.4 Å². The molecular formula is C15H21NO. The summed E-state index contributed by atoms with van der Waals surface area (Å²) in [6.07, 6.45) is 7.52. The highest BCUT2D eigenvalue weighted by Crippen LogP contribution is 2.33. The second kappa shape index (κ2) is 5.44. The van der Waals surface area contributed by atoms with Gasteiger partial charge >= 0.3 is 0 Å². The van der Waals surface area contributed by atoms with Gasteiger partial charge < -0.3 is 0 Å². The van der Waals surface area contributed by atoms with Crippen LogP contribution in [-0.4, -0.2) is 10.8 Å². The van der Waals surface area contributed by atoms with Gasteiger partial charge in [-0.25, -0.2) is 0 Å². The summed E-state index contributed by atoms with van der Waals surface area (Å²) in [7, 11) is 0. The highest BCUT2D eigenvalue weighted by atomic mass is 16.1. The monoisotopic (exact) mass is 231 g/mol. The van der Waals surface area contributed by atoms with Gasteiger partial charge in [0.2, 0.25) is 0 Å². The molecule has 2 heteroatoms. The Hall–Kier alpha value is -1.18. The molecule has 0 radical (unpaired) electrons. The molecule has 2 atom stereocenters. The van der Waals surface area contributed by atoms with E-state index in [2.05, 4.69) is 18.8 Å². The largest absolute Gasteiger partial charge is 0.299 e. The molecule has 17 heavy (non-hydrogen) atoms. The predicted octanol–water partition coefficient (Wildman–Crippen LogP) is 3.27. The maximum atomic E-state index is 12.2. The standard InChI is InChI=1S/C15H21NO/c1-11-6-12(2)8-14(7-11)15(17)9-13-4-3-5-16-10-13/h3-5,10-12,14H,6-9H2,1-2H3. The van der Waals surface area contributed by atoms with E-state index < -0.39 is 0 Å². The van der Waals surface area contributed by atoms with Crippen LogP contribution in [0.2, 0.25) is 0 Å². The number of Topliss-reactive ketones (excluding diaryl/α,β-unsaturated/α-hetero) is 1. The van der Waals surface area contributed by atoms with E-state index in [4.69, 9.17) is 0 Å². The van der Waals surface area contributed by atoms with E-state index in [1.54, 1.807) is 12.4 Å². The molecule has 1 aliphatic carbocycles. The molecule has 2 nitrogen and oxygen atoms in total. The van der Waals surface area contributed by atoms with Gasteiger partial charge in [0.05, 0.1) is 0 Å². The molecule has 0 amide bonds. The van der Waals surface area contributed by atoms with Crippen LogP contribution in [0.15, 0.2) is 24.5 Å². The van der Waals surface area contributed by atoms with Crippen LogP contribution in [0.3, 0.4) is 0 Å². The fourth-order valence-electron chi connectivity index (χ4n) is 3.06. The Morgan fingerprint density at radius 1 is 1.29 bits per heavy atom. The van der Waals surface area contributed by atoms with Crippen LogP contribution in [0.5, 0.6) is 0 Å². The molecule has 0 aliphatic heterocycles. The van der Waals surface area contributed by atoms with Crippen LogP contribution < -0.4 is 0 Å². The number of pyridine rings is 1. The molecular weight excluding hydrogens is 210 g/mol. The second-order valence-electron chi connectivity index (χ2n) is 5.62. The Labute approximate surface area is 103 Å². The molecule has 0 N–H and O–H groups in total. The fraction of sp³-hybridized carbons (Fsp3) is 0.600. The molecule has 1 fully saturated rings. The SMILES string of the molecule is CC1CC(C)CC(C(=O)Cc2cccnc2)C1. The smallest absolute Gasteiger partial charge is 0.140 e. The minimum atomic E-state index is 0.272. The Kier molecular flexibility index (Phi) is 3.93. The third-order valence-electron chi connectivity index (χ3n) is 3.74. The third kappa shape index (κ3) is 3.39. The van der Waals surface area contributed by atoms with Gasteiger partial charge in [0, 0.05) is 24.7 Å². The van der Waals surface area contributed by atoms with Crippen LogP contribution in [0.25, 0.3) is 0 Å². The first-order chi connectivity index (χ1) is 8.15. The van der Waals surface area contributed by atoms with Crippen molar-refractivity contribution in [1.82, 2.24) is 4.98 Å². The highest BCUT2D eigenvalue weighted by Gasteiger charge is 2.28. The van der Waals surface area contributed by atoms with Crippen molar-refractivity contribution in [2.45, 2.75) is 39.5 Å². The molecule has 1 heterocycles. The van der Waals surface area contributed by atoms with Gasteiger partial charge in [-0.1, -0.05) is 19.9 Å². The summed E-state index contributed by atoms with van der Waals surface area (Å²) < 4.78 is 0. The minimum Gasteiger partial charge on any atom is -0.299 e. The Balaban J connectivity index is 1.96. The predicted molar refractivity (Wildman–Crippen MR) is 68.6 cm³/mol. The Morgan fingerprint density at radius 3 is 2.59 bits per heavy atom. The highest BCUT2D eigenvalue weighted by molar-refractivity contribution is 5.83. The van der Waals surface area contributed by atoms with Crippen LogP contribution >= 0.6 is 0 Å². The fourth-order valence-corrected chi connectivity index (χ4v) is 3.06. The van der Waals surface area contributed by atoms with Gasteiger partial charge in [-0.2, -0.15) is 0 Å². The first kappa shape index (κ1) is 12.3. The van der Waals surface area contributed by atoms with Crippen molar-refractivity contribution in [2.24, 2.45) is 17.8 Å². The summed E-state index contributed by atoms with van der Waals surface area (Å²) in [5, 5.41) is 0. The topological polar surface area (TPSA) is 30.0 Å². The molecule has 0 bridgehead atoms. The molecule has 0 aromatic carbocycles. The first-order valence-corrected chi connectivity index (χ1v) is 6.56. The Morgan fingerprint density at radius 2 is 2.00 bits per heavy atom. The van der Waals surface area contributed by atoms with Crippen LogP contribution in [0, 0.1) is 17.8 Å². The van der Waals surface area contributed by atoms with Crippen molar-refractivity contribution >= 4 is 5.78 Å².